The van der Waals surface area contributed by atoms with Crippen LogP contribution >= 0.6 is 0 Å². The highest BCUT2D eigenvalue weighted by Gasteiger charge is 2.37. The minimum atomic E-state index is -4.68. The third-order valence-corrected chi connectivity index (χ3v) is 2.06. The van der Waals surface area contributed by atoms with E-state index in [0.717, 1.165) is 0 Å². The van der Waals surface area contributed by atoms with Crippen molar-refractivity contribution in [2.75, 3.05) is 18.4 Å². The van der Waals surface area contributed by atoms with Gasteiger partial charge in [-0.05, 0) is 12.1 Å². The van der Waals surface area contributed by atoms with Gasteiger partial charge in [-0.15, -0.1) is 0 Å². The van der Waals surface area contributed by atoms with Gasteiger partial charge in [-0.3, -0.25) is 4.79 Å². The quantitative estimate of drug-likeness (QED) is 0.745. The van der Waals surface area contributed by atoms with Crippen molar-refractivity contribution in [3.05, 3.63) is 30.3 Å². The summed E-state index contributed by atoms with van der Waals surface area (Å²) >= 11 is 0. The number of amides is 1. The third-order valence-electron chi connectivity index (χ3n) is 2.06. The SMILES string of the molecule is O=C(CNCC(O)C(F)(F)F)Nc1ccccc1. The number of hydrogen-bond donors (Lipinski definition) is 3. The summed E-state index contributed by atoms with van der Waals surface area (Å²) in [6, 6.07) is 8.52. The Morgan fingerprint density at radius 1 is 1.28 bits per heavy atom. The van der Waals surface area contributed by atoms with Crippen molar-refractivity contribution in [3.8, 4) is 0 Å². The van der Waals surface area contributed by atoms with E-state index in [2.05, 4.69) is 10.6 Å². The Kier molecular flexibility index (Phi) is 5.11. The van der Waals surface area contributed by atoms with Gasteiger partial charge in [0.2, 0.25) is 5.91 Å². The van der Waals surface area contributed by atoms with Crippen molar-refractivity contribution in [1.29, 1.82) is 0 Å². The molecule has 0 saturated carbocycles. The topological polar surface area (TPSA) is 61.4 Å². The Morgan fingerprint density at radius 2 is 1.89 bits per heavy atom. The minimum absolute atomic E-state index is 0.304. The first-order valence-corrected chi connectivity index (χ1v) is 5.20. The Bertz CT molecular complexity index is 382. The van der Waals surface area contributed by atoms with Crippen LogP contribution in [0.25, 0.3) is 0 Å². The summed E-state index contributed by atoms with van der Waals surface area (Å²) in [7, 11) is 0. The largest absolute Gasteiger partial charge is 0.415 e. The second-order valence-electron chi connectivity index (χ2n) is 3.60. The molecule has 0 fully saturated rings. The van der Waals surface area contributed by atoms with E-state index in [1.807, 2.05) is 0 Å². The number of carbonyl (C=O) groups is 1. The van der Waals surface area contributed by atoms with E-state index in [-0.39, 0.29) is 6.54 Å². The summed E-state index contributed by atoms with van der Waals surface area (Å²) in [6.07, 6.45) is -7.15. The molecule has 0 bridgehead atoms. The summed E-state index contributed by atoms with van der Waals surface area (Å²) in [6.45, 7) is -1.02. The maximum atomic E-state index is 11.9. The zero-order chi connectivity index (χ0) is 13.6. The summed E-state index contributed by atoms with van der Waals surface area (Å²) < 4.78 is 35.8. The van der Waals surface area contributed by atoms with Gasteiger partial charge in [0.05, 0.1) is 6.54 Å². The molecule has 1 atom stereocenters. The van der Waals surface area contributed by atoms with E-state index in [1.54, 1.807) is 30.3 Å². The molecule has 3 N–H and O–H groups in total. The second kappa shape index (κ2) is 6.36. The van der Waals surface area contributed by atoms with Crippen LogP contribution in [0.15, 0.2) is 30.3 Å². The lowest BCUT2D eigenvalue weighted by Gasteiger charge is -2.14. The average molecular weight is 262 g/mol. The molecule has 0 aliphatic heterocycles. The van der Waals surface area contributed by atoms with E-state index >= 15 is 0 Å². The van der Waals surface area contributed by atoms with Crippen molar-refractivity contribution >= 4 is 11.6 Å². The molecular weight excluding hydrogens is 249 g/mol. The zero-order valence-corrected chi connectivity index (χ0v) is 9.37. The number of nitrogens with one attached hydrogen (secondary N) is 2. The highest BCUT2D eigenvalue weighted by Crippen LogP contribution is 2.19. The van der Waals surface area contributed by atoms with Crippen LogP contribution in [0, 0.1) is 0 Å². The molecule has 0 radical (unpaired) electrons. The molecular formula is C11H13F3N2O2. The first-order chi connectivity index (χ1) is 8.39. The highest BCUT2D eigenvalue weighted by molar-refractivity contribution is 5.92. The molecule has 1 aromatic rings. The normalized spacial score (nSPS) is 13.1. The zero-order valence-electron chi connectivity index (χ0n) is 9.37. The molecule has 0 aromatic heterocycles. The lowest BCUT2D eigenvalue weighted by atomic mass is 10.3. The van der Waals surface area contributed by atoms with E-state index in [0.29, 0.717) is 5.69 Å². The maximum Gasteiger partial charge on any atom is 0.415 e. The van der Waals surface area contributed by atoms with Gasteiger partial charge in [-0.2, -0.15) is 13.2 Å². The summed E-state index contributed by atoms with van der Waals surface area (Å²) in [5.41, 5.74) is 0.556. The molecule has 1 amide bonds. The van der Waals surface area contributed by atoms with Gasteiger partial charge in [0.15, 0.2) is 6.10 Å². The summed E-state index contributed by atoms with van der Waals surface area (Å²) in [5.74, 6) is -0.476. The lowest BCUT2D eigenvalue weighted by molar-refractivity contribution is -0.201. The molecule has 0 saturated heterocycles. The number of hydrogen-bond acceptors (Lipinski definition) is 3. The molecule has 1 aromatic carbocycles. The number of para-hydroxylation sites is 1. The predicted molar refractivity (Wildman–Crippen MR) is 60.0 cm³/mol. The van der Waals surface area contributed by atoms with Crippen LogP contribution in [0.5, 0.6) is 0 Å². The van der Waals surface area contributed by atoms with Crippen molar-refractivity contribution in [2.45, 2.75) is 12.3 Å². The molecule has 0 spiro atoms. The Morgan fingerprint density at radius 3 is 2.44 bits per heavy atom. The second-order valence-corrected chi connectivity index (χ2v) is 3.60. The number of benzene rings is 1. The smallest absolute Gasteiger partial charge is 0.382 e. The summed E-state index contributed by atoms with van der Waals surface area (Å²) in [4.78, 5) is 11.3. The molecule has 4 nitrogen and oxygen atoms in total. The Balaban J connectivity index is 2.26. The number of aliphatic hydroxyl groups is 1. The monoisotopic (exact) mass is 262 g/mol. The average Bonchev–Trinajstić information content (AvgIpc) is 2.28. The fraction of sp³-hybridized carbons (Fsp3) is 0.364. The van der Waals surface area contributed by atoms with Gasteiger partial charge in [0, 0.05) is 12.2 Å². The third kappa shape index (κ3) is 5.15. The number of anilines is 1. The highest BCUT2D eigenvalue weighted by atomic mass is 19.4. The molecule has 100 valence electrons. The van der Waals surface area contributed by atoms with Crippen LogP contribution in [0.3, 0.4) is 0 Å². The predicted octanol–water partition coefficient (Wildman–Crippen LogP) is 1.14. The minimum Gasteiger partial charge on any atom is -0.382 e. The number of carbonyl (C=O) groups excluding carboxylic acids is 1. The van der Waals surface area contributed by atoms with Crippen molar-refractivity contribution < 1.29 is 23.1 Å². The standard InChI is InChI=1S/C11H13F3N2O2/c12-11(13,14)9(17)6-15-7-10(18)16-8-4-2-1-3-5-8/h1-5,9,15,17H,6-7H2,(H,16,18). The van der Waals surface area contributed by atoms with Crippen LogP contribution in [0.2, 0.25) is 0 Å². The Labute approximate surface area is 102 Å². The summed E-state index contributed by atoms with van der Waals surface area (Å²) in [5, 5.41) is 13.4. The lowest BCUT2D eigenvalue weighted by Crippen LogP contribution is -2.41. The van der Waals surface area contributed by atoms with Crippen LogP contribution in [-0.2, 0) is 4.79 Å². The maximum absolute atomic E-state index is 11.9. The van der Waals surface area contributed by atoms with Crippen LogP contribution in [0.4, 0.5) is 18.9 Å². The molecule has 0 aliphatic carbocycles. The van der Waals surface area contributed by atoms with E-state index in [4.69, 9.17) is 5.11 Å². The molecule has 1 rings (SSSR count). The first-order valence-electron chi connectivity index (χ1n) is 5.20. The van der Waals surface area contributed by atoms with Gasteiger partial charge < -0.3 is 15.7 Å². The number of alkyl halides is 3. The number of rotatable bonds is 5. The van der Waals surface area contributed by atoms with Crippen molar-refractivity contribution in [3.63, 3.8) is 0 Å². The van der Waals surface area contributed by atoms with Gasteiger partial charge in [0.25, 0.3) is 0 Å². The first kappa shape index (κ1) is 14.5. The van der Waals surface area contributed by atoms with Crippen molar-refractivity contribution in [2.24, 2.45) is 0 Å². The molecule has 0 heterocycles. The van der Waals surface area contributed by atoms with E-state index < -0.39 is 24.7 Å². The fourth-order valence-electron chi connectivity index (χ4n) is 1.16. The van der Waals surface area contributed by atoms with Crippen LogP contribution in [0.1, 0.15) is 0 Å². The van der Waals surface area contributed by atoms with Crippen LogP contribution in [-0.4, -0.2) is 36.4 Å². The molecule has 1 unspecified atom stereocenters. The fourth-order valence-corrected chi connectivity index (χ4v) is 1.16. The molecule has 0 aliphatic rings. The van der Waals surface area contributed by atoms with Gasteiger partial charge >= 0.3 is 6.18 Å². The number of aliphatic hydroxyl groups excluding tert-OH is 1. The Hall–Kier alpha value is -1.60. The molecule has 18 heavy (non-hydrogen) atoms. The molecule has 7 heteroatoms. The van der Waals surface area contributed by atoms with Gasteiger partial charge in [0.1, 0.15) is 0 Å². The van der Waals surface area contributed by atoms with Crippen molar-refractivity contribution in [1.82, 2.24) is 5.32 Å². The van der Waals surface area contributed by atoms with E-state index in [9.17, 15) is 18.0 Å². The van der Waals surface area contributed by atoms with Gasteiger partial charge in [-0.1, -0.05) is 18.2 Å². The van der Waals surface area contributed by atoms with Gasteiger partial charge in [-0.25, -0.2) is 0 Å². The number of halogens is 3. The van der Waals surface area contributed by atoms with Crippen LogP contribution < -0.4 is 10.6 Å². The van der Waals surface area contributed by atoms with E-state index in [1.165, 1.54) is 0 Å².